The molecule has 8 nitrogen and oxygen atoms in total. The van der Waals surface area contributed by atoms with E-state index in [0.29, 0.717) is 40.2 Å². The summed E-state index contributed by atoms with van der Waals surface area (Å²) >= 11 is 7.34. The number of nitrogens with zero attached hydrogens (tertiary/aromatic N) is 4. The number of hydrogen-bond donors (Lipinski definition) is 1. The van der Waals surface area contributed by atoms with Gasteiger partial charge >= 0.3 is 0 Å². The molecule has 0 aliphatic rings. The molecule has 0 fully saturated rings. The average molecular weight is 484 g/mol. The van der Waals surface area contributed by atoms with E-state index >= 15 is 0 Å². The van der Waals surface area contributed by atoms with E-state index in [2.05, 4.69) is 15.3 Å². The molecule has 4 rings (SSSR count). The maximum absolute atomic E-state index is 12.6. The fourth-order valence-corrected chi connectivity index (χ4v) is 4.21. The summed E-state index contributed by atoms with van der Waals surface area (Å²) < 4.78 is 8.75. The summed E-state index contributed by atoms with van der Waals surface area (Å²) in [6, 6.07) is 15.8. The van der Waals surface area contributed by atoms with Gasteiger partial charge in [0.2, 0.25) is 0 Å². The van der Waals surface area contributed by atoms with Gasteiger partial charge in [0.15, 0.2) is 6.61 Å². The molecule has 0 spiro atoms. The Morgan fingerprint density at radius 2 is 1.97 bits per heavy atom. The van der Waals surface area contributed by atoms with Gasteiger partial charge in [-0.25, -0.2) is 4.98 Å². The fraction of sp³-hybridized carbons (Fsp3) is 0.217. The van der Waals surface area contributed by atoms with Crippen LogP contribution < -0.4 is 15.6 Å². The van der Waals surface area contributed by atoms with Gasteiger partial charge in [0.1, 0.15) is 12.1 Å². The number of aryl methyl sites for hydroxylation is 1. The first kappa shape index (κ1) is 22.9. The number of ether oxygens (including phenoxy) is 1. The van der Waals surface area contributed by atoms with E-state index < -0.39 is 0 Å². The predicted molar refractivity (Wildman–Crippen MR) is 129 cm³/mol. The monoisotopic (exact) mass is 483 g/mol. The van der Waals surface area contributed by atoms with Crippen molar-refractivity contribution in [2.75, 3.05) is 11.9 Å². The number of para-hydroxylation sites is 1. The Balaban J connectivity index is 1.41. The van der Waals surface area contributed by atoms with Crippen molar-refractivity contribution >= 4 is 40.7 Å². The number of hydrogen-bond acceptors (Lipinski definition) is 6. The average Bonchev–Trinajstić information content (AvgIpc) is 3.22. The lowest BCUT2D eigenvalue weighted by atomic mass is 10.3. The topological polar surface area (TPSA) is 90.5 Å². The van der Waals surface area contributed by atoms with Gasteiger partial charge in [-0.1, -0.05) is 30.7 Å². The lowest BCUT2D eigenvalue weighted by molar-refractivity contribution is -0.118. The van der Waals surface area contributed by atoms with E-state index in [1.165, 1.54) is 22.3 Å². The van der Waals surface area contributed by atoms with E-state index in [-0.39, 0.29) is 18.1 Å². The molecule has 0 radical (unpaired) electrons. The van der Waals surface area contributed by atoms with Gasteiger partial charge in [-0.05, 0) is 42.8 Å². The van der Waals surface area contributed by atoms with Crippen LogP contribution in [0, 0.1) is 0 Å². The van der Waals surface area contributed by atoms with Crippen LogP contribution in [-0.2, 0) is 17.1 Å². The van der Waals surface area contributed by atoms with Crippen molar-refractivity contribution in [1.82, 2.24) is 19.2 Å². The van der Waals surface area contributed by atoms with Crippen LogP contribution in [0.4, 0.5) is 5.69 Å². The van der Waals surface area contributed by atoms with Crippen LogP contribution in [0.25, 0.3) is 5.78 Å². The van der Waals surface area contributed by atoms with Crippen molar-refractivity contribution in [2.45, 2.75) is 30.5 Å². The van der Waals surface area contributed by atoms with Crippen molar-refractivity contribution in [2.24, 2.45) is 0 Å². The Morgan fingerprint density at radius 3 is 2.76 bits per heavy atom. The Morgan fingerprint density at radius 1 is 1.18 bits per heavy atom. The highest BCUT2D eigenvalue weighted by molar-refractivity contribution is 7.98. The first-order chi connectivity index (χ1) is 16.0. The van der Waals surface area contributed by atoms with E-state index in [1.54, 1.807) is 35.3 Å². The molecule has 170 valence electrons. The standard InChI is InChI=1S/C23H22ClN5O3S/c1-2-11-28-15-25-23-26-17(12-22(31)29(23)28)14-33-20-6-4-3-5-19(20)27-21(30)13-32-18-9-7-16(24)8-10-18/h3-10,12,15H,2,11,13-14H2,1H3,(H,27,30). The molecule has 4 aromatic rings. The number of carbonyl (C=O) groups is 1. The highest BCUT2D eigenvalue weighted by Crippen LogP contribution is 2.29. The first-order valence-corrected chi connectivity index (χ1v) is 11.7. The smallest absolute Gasteiger partial charge is 0.274 e. The van der Waals surface area contributed by atoms with E-state index in [1.807, 2.05) is 31.2 Å². The molecule has 2 aromatic heterocycles. The quantitative estimate of drug-likeness (QED) is 0.358. The minimum absolute atomic E-state index is 0.129. The summed E-state index contributed by atoms with van der Waals surface area (Å²) in [6.07, 6.45) is 2.52. The van der Waals surface area contributed by atoms with Gasteiger partial charge in [-0.2, -0.15) is 9.50 Å². The lowest BCUT2D eigenvalue weighted by Crippen LogP contribution is -2.21. The van der Waals surface area contributed by atoms with E-state index in [0.717, 1.165) is 11.3 Å². The molecular weight excluding hydrogens is 462 g/mol. The Labute approximate surface area is 199 Å². The molecule has 0 aliphatic heterocycles. The van der Waals surface area contributed by atoms with Crippen molar-refractivity contribution < 1.29 is 9.53 Å². The minimum atomic E-state index is -0.280. The summed E-state index contributed by atoms with van der Waals surface area (Å²) in [7, 11) is 0. The first-order valence-electron chi connectivity index (χ1n) is 10.4. The molecule has 2 heterocycles. The Kier molecular flexibility index (Phi) is 7.31. The number of anilines is 1. The molecule has 10 heteroatoms. The zero-order chi connectivity index (χ0) is 23.2. The molecule has 1 N–H and O–H groups in total. The lowest BCUT2D eigenvalue weighted by Gasteiger charge is -2.11. The predicted octanol–water partition coefficient (Wildman–Crippen LogP) is 4.26. The molecule has 1 amide bonds. The largest absolute Gasteiger partial charge is 0.484 e. The van der Waals surface area contributed by atoms with Crippen LogP contribution in [0.5, 0.6) is 5.75 Å². The molecule has 0 saturated carbocycles. The summed E-state index contributed by atoms with van der Waals surface area (Å²) in [5.41, 5.74) is 1.12. The number of benzene rings is 2. The summed E-state index contributed by atoms with van der Waals surface area (Å²) in [6.45, 7) is 2.60. The van der Waals surface area contributed by atoms with Gasteiger partial charge in [0.25, 0.3) is 17.2 Å². The summed E-state index contributed by atoms with van der Waals surface area (Å²) in [5, 5.41) is 3.47. The van der Waals surface area contributed by atoms with Gasteiger partial charge in [0.05, 0.1) is 11.4 Å². The van der Waals surface area contributed by atoms with Crippen LogP contribution in [0.3, 0.4) is 0 Å². The van der Waals surface area contributed by atoms with Gasteiger partial charge in [-0.15, -0.1) is 11.8 Å². The van der Waals surface area contributed by atoms with Gasteiger partial charge in [-0.3, -0.25) is 14.3 Å². The number of nitrogens with one attached hydrogen (secondary N) is 1. The Bertz CT molecular complexity index is 1320. The Hall–Kier alpha value is -3.30. The fourth-order valence-electron chi connectivity index (χ4n) is 3.18. The molecule has 0 atom stereocenters. The normalized spacial score (nSPS) is 11.0. The van der Waals surface area contributed by atoms with E-state index in [9.17, 15) is 9.59 Å². The highest BCUT2D eigenvalue weighted by Gasteiger charge is 2.11. The zero-order valence-electron chi connectivity index (χ0n) is 17.9. The number of fused-ring (bicyclic) bond motifs is 1. The summed E-state index contributed by atoms with van der Waals surface area (Å²) in [5.74, 6) is 1.12. The van der Waals surface area contributed by atoms with Crippen molar-refractivity contribution in [3.63, 3.8) is 0 Å². The van der Waals surface area contributed by atoms with E-state index in [4.69, 9.17) is 16.3 Å². The molecular formula is C23H22ClN5O3S. The minimum Gasteiger partial charge on any atom is -0.484 e. The molecule has 33 heavy (non-hydrogen) atoms. The maximum Gasteiger partial charge on any atom is 0.274 e. The second-order valence-electron chi connectivity index (χ2n) is 7.18. The maximum atomic E-state index is 12.6. The van der Waals surface area contributed by atoms with Crippen molar-refractivity contribution in [1.29, 1.82) is 0 Å². The number of thioether (sulfide) groups is 1. The van der Waals surface area contributed by atoms with Crippen LogP contribution in [0.2, 0.25) is 5.02 Å². The number of carbonyl (C=O) groups excluding carboxylic acids is 1. The molecule has 0 aliphatic carbocycles. The van der Waals surface area contributed by atoms with Crippen LogP contribution in [0.1, 0.15) is 19.0 Å². The third kappa shape index (κ3) is 5.74. The summed E-state index contributed by atoms with van der Waals surface area (Å²) in [4.78, 5) is 34.6. The van der Waals surface area contributed by atoms with Crippen molar-refractivity contribution in [3.05, 3.63) is 82.0 Å². The van der Waals surface area contributed by atoms with Crippen LogP contribution in [-0.4, -0.2) is 31.7 Å². The second-order valence-corrected chi connectivity index (χ2v) is 8.63. The zero-order valence-corrected chi connectivity index (χ0v) is 19.5. The third-order valence-corrected chi connectivity index (χ3v) is 6.03. The second kappa shape index (κ2) is 10.5. The van der Waals surface area contributed by atoms with Crippen LogP contribution in [0.15, 0.2) is 70.6 Å². The van der Waals surface area contributed by atoms with Gasteiger partial charge < -0.3 is 10.1 Å². The SMILES string of the molecule is CCCn1cnc2nc(CSc3ccccc3NC(=O)COc3ccc(Cl)cc3)cc(=O)n21. The third-order valence-electron chi connectivity index (χ3n) is 4.67. The molecule has 0 unspecified atom stereocenters. The molecule has 0 saturated heterocycles. The van der Waals surface area contributed by atoms with Crippen molar-refractivity contribution in [3.8, 4) is 5.75 Å². The number of aromatic nitrogens is 4. The number of amides is 1. The van der Waals surface area contributed by atoms with Crippen LogP contribution >= 0.6 is 23.4 Å². The molecule has 2 aromatic carbocycles. The number of halogens is 1. The number of rotatable bonds is 9. The van der Waals surface area contributed by atoms with Gasteiger partial charge in [0, 0.05) is 28.3 Å². The highest BCUT2D eigenvalue weighted by atomic mass is 35.5. The molecule has 0 bridgehead atoms.